The van der Waals surface area contributed by atoms with Crippen LogP contribution in [0.5, 0.6) is 0 Å². The number of carbonyl (C=O) groups is 3. The summed E-state index contributed by atoms with van der Waals surface area (Å²) in [5, 5.41) is 0. The molecule has 0 bridgehead atoms. The standard InChI is InChI=1S/C52H90O6/c1-4-7-10-13-16-19-21-23-25-27-28-30-33-36-39-42-45-51(54)57-48-49(47-56-50(53)44-41-38-35-32-18-15-12-9-6-3)58-52(55)46-43-40-37-34-31-29-26-24-22-20-17-14-11-8-5-2/h7,10,16-17,19-20,22-25,49H,4-6,8-9,11-15,18,21,26-48H2,1-3H3/b10-7-,19-16-,20-17-,24-22-,25-23-. The zero-order valence-corrected chi connectivity index (χ0v) is 38.0. The summed E-state index contributed by atoms with van der Waals surface area (Å²) in [4.78, 5) is 37.8. The summed E-state index contributed by atoms with van der Waals surface area (Å²) < 4.78 is 16.7. The van der Waals surface area contributed by atoms with E-state index in [1.165, 1.54) is 96.3 Å². The molecule has 0 aliphatic rings. The molecule has 334 valence electrons. The van der Waals surface area contributed by atoms with Gasteiger partial charge in [-0.05, 0) is 77.0 Å². The van der Waals surface area contributed by atoms with Gasteiger partial charge in [0.2, 0.25) is 0 Å². The van der Waals surface area contributed by atoms with Gasteiger partial charge in [-0.15, -0.1) is 0 Å². The Bertz CT molecular complexity index is 1070. The topological polar surface area (TPSA) is 78.9 Å². The number of hydrogen-bond acceptors (Lipinski definition) is 6. The SMILES string of the molecule is CC/C=C\C/C=C\C/C=C\CCCCCCCCC(=O)OCC(COC(=O)CCCCCCCCCCC)OC(=O)CCCCCCCC/C=C\C=C/CCCCC. The van der Waals surface area contributed by atoms with Crippen molar-refractivity contribution in [2.24, 2.45) is 0 Å². The maximum atomic E-state index is 12.7. The number of ether oxygens (including phenoxy) is 3. The number of rotatable bonds is 43. The Balaban J connectivity index is 4.38. The van der Waals surface area contributed by atoms with Crippen LogP contribution in [0.3, 0.4) is 0 Å². The predicted molar refractivity (Wildman–Crippen MR) is 247 cm³/mol. The summed E-state index contributed by atoms with van der Waals surface area (Å²) in [6.45, 7) is 6.45. The molecule has 0 heterocycles. The molecular formula is C52H90O6. The summed E-state index contributed by atoms with van der Waals surface area (Å²) >= 11 is 0. The molecule has 0 aromatic heterocycles. The Hall–Kier alpha value is -2.89. The quantitative estimate of drug-likeness (QED) is 0.0201. The lowest BCUT2D eigenvalue weighted by molar-refractivity contribution is -0.167. The van der Waals surface area contributed by atoms with Crippen LogP contribution in [0.25, 0.3) is 0 Å². The summed E-state index contributed by atoms with van der Waals surface area (Å²) in [5.41, 5.74) is 0. The second-order valence-electron chi connectivity index (χ2n) is 16.0. The molecule has 1 unspecified atom stereocenters. The average molecular weight is 811 g/mol. The molecule has 58 heavy (non-hydrogen) atoms. The molecule has 0 aliphatic heterocycles. The maximum absolute atomic E-state index is 12.7. The number of allylic oxidation sites excluding steroid dienone is 10. The molecular weight excluding hydrogens is 721 g/mol. The van der Waals surface area contributed by atoms with E-state index >= 15 is 0 Å². The van der Waals surface area contributed by atoms with Crippen molar-refractivity contribution in [3.63, 3.8) is 0 Å². The molecule has 0 saturated carbocycles. The molecule has 0 rings (SSSR count). The highest BCUT2D eigenvalue weighted by atomic mass is 16.6. The van der Waals surface area contributed by atoms with Crippen molar-refractivity contribution in [2.45, 2.75) is 239 Å². The average Bonchev–Trinajstić information content (AvgIpc) is 3.22. The number of esters is 3. The smallest absolute Gasteiger partial charge is 0.306 e. The van der Waals surface area contributed by atoms with Crippen molar-refractivity contribution in [3.05, 3.63) is 60.8 Å². The van der Waals surface area contributed by atoms with Crippen LogP contribution in [-0.2, 0) is 28.6 Å². The summed E-state index contributed by atoms with van der Waals surface area (Å²) in [6.07, 6.45) is 56.3. The highest BCUT2D eigenvalue weighted by molar-refractivity contribution is 5.71. The van der Waals surface area contributed by atoms with E-state index in [1.807, 2.05) is 0 Å². The van der Waals surface area contributed by atoms with Crippen LogP contribution in [0.15, 0.2) is 60.8 Å². The highest BCUT2D eigenvalue weighted by Gasteiger charge is 2.19. The van der Waals surface area contributed by atoms with E-state index < -0.39 is 6.10 Å². The predicted octanol–water partition coefficient (Wildman–Crippen LogP) is 15.7. The normalized spacial score (nSPS) is 12.5. The molecule has 0 radical (unpaired) electrons. The van der Waals surface area contributed by atoms with Gasteiger partial charge in [-0.25, -0.2) is 0 Å². The van der Waals surface area contributed by atoms with Crippen molar-refractivity contribution >= 4 is 17.9 Å². The summed E-state index contributed by atoms with van der Waals surface area (Å²) in [5.74, 6) is -0.910. The number of hydrogen-bond donors (Lipinski definition) is 0. The lowest BCUT2D eigenvalue weighted by atomic mass is 10.1. The minimum atomic E-state index is -0.782. The zero-order valence-electron chi connectivity index (χ0n) is 38.0. The van der Waals surface area contributed by atoms with Crippen LogP contribution in [-0.4, -0.2) is 37.2 Å². The molecule has 6 nitrogen and oxygen atoms in total. The van der Waals surface area contributed by atoms with Gasteiger partial charge in [0, 0.05) is 19.3 Å². The summed E-state index contributed by atoms with van der Waals surface area (Å²) in [6, 6.07) is 0. The second-order valence-corrected chi connectivity index (χ2v) is 16.0. The van der Waals surface area contributed by atoms with E-state index in [-0.39, 0.29) is 31.1 Å². The van der Waals surface area contributed by atoms with Gasteiger partial charge >= 0.3 is 17.9 Å². The van der Waals surface area contributed by atoms with Crippen LogP contribution in [0, 0.1) is 0 Å². The third-order valence-electron chi connectivity index (χ3n) is 10.3. The van der Waals surface area contributed by atoms with Gasteiger partial charge in [0.1, 0.15) is 13.2 Å². The fourth-order valence-corrected chi connectivity index (χ4v) is 6.62. The Morgan fingerprint density at radius 3 is 1.19 bits per heavy atom. The van der Waals surface area contributed by atoms with Crippen molar-refractivity contribution in [1.29, 1.82) is 0 Å². The summed E-state index contributed by atoms with van der Waals surface area (Å²) in [7, 11) is 0. The van der Waals surface area contributed by atoms with Crippen LogP contribution < -0.4 is 0 Å². The monoisotopic (exact) mass is 811 g/mol. The Morgan fingerprint density at radius 1 is 0.379 bits per heavy atom. The fourth-order valence-electron chi connectivity index (χ4n) is 6.62. The van der Waals surface area contributed by atoms with Gasteiger partial charge in [-0.1, -0.05) is 197 Å². The van der Waals surface area contributed by atoms with E-state index in [2.05, 4.69) is 81.5 Å². The van der Waals surface area contributed by atoms with Crippen molar-refractivity contribution in [2.75, 3.05) is 13.2 Å². The molecule has 0 aliphatic carbocycles. The minimum absolute atomic E-state index is 0.0824. The van der Waals surface area contributed by atoms with Gasteiger partial charge in [-0.2, -0.15) is 0 Å². The van der Waals surface area contributed by atoms with Gasteiger partial charge in [-0.3, -0.25) is 14.4 Å². The molecule has 1 atom stereocenters. The van der Waals surface area contributed by atoms with Crippen molar-refractivity contribution in [1.82, 2.24) is 0 Å². The first-order chi connectivity index (χ1) is 28.5. The molecule has 0 aromatic rings. The van der Waals surface area contributed by atoms with Gasteiger partial charge in [0.15, 0.2) is 6.10 Å². The first-order valence-corrected chi connectivity index (χ1v) is 24.3. The molecule has 0 aromatic carbocycles. The molecule has 0 N–H and O–H groups in total. The molecule has 6 heteroatoms. The Labute approximate surface area is 358 Å². The second kappa shape index (κ2) is 46.8. The lowest BCUT2D eigenvalue weighted by Gasteiger charge is -2.18. The number of unbranched alkanes of at least 4 members (excludes halogenated alkanes) is 23. The van der Waals surface area contributed by atoms with Gasteiger partial charge < -0.3 is 14.2 Å². The molecule has 0 amide bonds. The van der Waals surface area contributed by atoms with E-state index in [4.69, 9.17) is 14.2 Å². The van der Waals surface area contributed by atoms with E-state index in [0.29, 0.717) is 19.3 Å². The largest absolute Gasteiger partial charge is 0.462 e. The van der Waals surface area contributed by atoms with Crippen LogP contribution in [0.1, 0.15) is 233 Å². The van der Waals surface area contributed by atoms with Gasteiger partial charge in [0.25, 0.3) is 0 Å². The Morgan fingerprint density at radius 2 is 0.724 bits per heavy atom. The molecule has 0 spiro atoms. The van der Waals surface area contributed by atoms with Crippen molar-refractivity contribution in [3.8, 4) is 0 Å². The minimum Gasteiger partial charge on any atom is -0.462 e. The molecule has 0 fully saturated rings. The first-order valence-electron chi connectivity index (χ1n) is 24.3. The van der Waals surface area contributed by atoms with E-state index in [1.54, 1.807) is 0 Å². The highest BCUT2D eigenvalue weighted by Crippen LogP contribution is 2.14. The van der Waals surface area contributed by atoms with Gasteiger partial charge in [0.05, 0.1) is 0 Å². The first kappa shape index (κ1) is 55.1. The zero-order chi connectivity index (χ0) is 42.3. The third-order valence-corrected chi connectivity index (χ3v) is 10.3. The molecule has 0 saturated heterocycles. The maximum Gasteiger partial charge on any atom is 0.306 e. The Kier molecular flexibility index (Phi) is 44.5. The van der Waals surface area contributed by atoms with E-state index in [0.717, 1.165) is 96.3 Å². The van der Waals surface area contributed by atoms with Crippen molar-refractivity contribution < 1.29 is 28.6 Å². The van der Waals surface area contributed by atoms with E-state index in [9.17, 15) is 14.4 Å². The van der Waals surface area contributed by atoms with Crippen LogP contribution in [0.4, 0.5) is 0 Å². The fraction of sp³-hybridized carbons (Fsp3) is 0.750. The van der Waals surface area contributed by atoms with Crippen LogP contribution in [0.2, 0.25) is 0 Å². The number of carbonyl (C=O) groups excluding carboxylic acids is 3. The third kappa shape index (κ3) is 44.2. The van der Waals surface area contributed by atoms with Crippen LogP contribution >= 0.6 is 0 Å². The lowest BCUT2D eigenvalue weighted by Crippen LogP contribution is -2.30.